The summed E-state index contributed by atoms with van der Waals surface area (Å²) in [7, 11) is 1.28. The second-order valence-electron chi connectivity index (χ2n) is 9.15. The van der Waals surface area contributed by atoms with Gasteiger partial charge in [0.2, 0.25) is 0 Å². The number of rotatable bonds is 9. The number of nitrogens with zero attached hydrogens (tertiary/aromatic N) is 1. The van der Waals surface area contributed by atoms with E-state index in [2.05, 4.69) is 0 Å². The van der Waals surface area contributed by atoms with Crippen molar-refractivity contribution in [2.45, 2.75) is 50.1 Å². The number of hydrogen-bond donors (Lipinski definition) is 1. The standard InChI is InChI=1S/C30H32N2O6/c1-36-28(33)24(31)18-11-19-25-29(34)38-27(23-16-9-4-10-17-23)26(22-14-7-3-8-15-22)32(25)30(35)37-20-21-12-5-2-6-13-21/h2-10,12-17,24-27H,11,18-20,31H2,1H3/t24-,25+,26+,27-/m0/s1. The van der Waals surface area contributed by atoms with Gasteiger partial charge < -0.3 is 19.9 Å². The van der Waals surface area contributed by atoms with Crippen molar-refractivity contribution in [3.8, 4) is 0 Å². The topological polar surface area (TPSA) is 108 Å². The van der Waals surface area contributed by atoms with E-state index < -0.39 is 42.3 Å². The fourth-order valence-electron chi connectivity index (χ4n) is 4.69. The Bertz CT molecular complexity index is 1210. The van der Waals surface area contributed by atoms with E-state index in [4.69, 9.17) is 19.9 Å². The number of amides is 1. The number of morpholine rings is 1. The Hall–Kier alpha value is -4.17. The maximum absolute atomic E-state index is 13.7. The minimum atomic E-state index is -0.923. The van der Waals surface area contributed by atoms with Crippen molar-refractivity contribution in [1.82, 2.24) is 4.90 Å². The maximum atomic E-state index is 13.7. The van der Waals surface area contributed by atoms with E-state index in [-0.39, 0.29) is 13.0 Å². The van der Waals surface area contributed by atoms with Crippen molar-refractivity contribution in [1.29, 1.82) is 0 Å². The zero-order valence-electron chi connectivity index (χ0n) is 21.3. The molecular formula is C30H32N2O6. The highest BCUT2D eigenvalue weighted by Crippen LogP contribution is 2.43. The number of ether oxygens (including phenoxy) is 3. The normalized spacial score (nSPS) is 19.8. The number of carbonyl (C=O) groups excluding carboxylic acids is 3. The summed E-state index contributed by atoms with van der Waals surface area (Å²) in [5, 5.41) is 0. The zero-order valence-corrected chi connectivity index (χ0v) is 21.3. The summed E-state index contributed by atoms with van der Waals surface area (Å²) in [6.07, 6.45) is -0.418. The molecule has 1 heterocycles. The molecule has 0 radical (unpaired) electrons. The molecule has 1 saturated heterocycles. The number of esters is 2. The lowest BCUT2D eigenvalue weighted by Crippen LogP contribution is -2.54. The van der Waals surface area contributed by atoms with Gasteiger partial charge in [0.25, 0.3) is 0 Å². The van der Waals surface area contributed by atoms with Gasteiger partial charge in [-0.05, 0) is 36.0 Å². The van der Waals surface area contributed by atoms with Crippen molar-refractivity contribution < 1.29 is 28.6 Å². The average molecular weight is 517 g/mol. The van der Waals surface area contributed by atoms with E-state index in [0.29, 0.717) is 12.8 Å². The number of hydrogen-bond acceptors (Lipinski definition) is 7. The van der Waals surface area contributed by atoms with Crippen LogP contribution in [0.4, 0.5) is 4.79 Å². The Morgan fingerprint density at radius 2 is 1.50 bits per heavy atom. The van der Waals surface area contributed by atoms with Crippen LogP contribution in [-0.4, -0.2) is 42.1 Å². The molecule has 2 N–H and O–H groups in total. The number of benzene rings is 3. The van der Waals surface area contributed by atoms with Gasteiger partial charge in [0, 0.05) is 0 Å². The lowest BCUT2D eigenvalue weighted by Gasteiger charge is -2.44. The summed E-state index contributed by atoms with van der Waals surface area (Å²) in [6, 6.07) is 25.8. The molecule has 0 saturated carbocycles. The molecule has 1 aliphatic heterocycles. The Labute approximate surface area is 222 Å². The van der Waals surface area contributed by atoms with Crippen LogP contribution in [0, 0.1) is 0 Å². The van der Waals surface area contributed by atoms with E-state index in [9.17, 15) is 14.4 Å². The number of cyclic esters (lactones) is 1. The lowest BCUT2D eigenvalue weighted by atomic mass is 9.90. The van der Waals surface area contributed by atoms with Gasteiger partial charge in [0.1, 0.15) is 24.7 Å². The minimum absolute atomic E-state index is 0.0582. The van der Waals surface area contributed by atoms with Crippen molar-refractivity contribution in [3.63, 3.8) is 0 Å². The smallest absolute Gasteiger partial charge is 0.411 e. The third-order valence-electron chi connectivity index (χ3n) is 6.62. The molecule has 0 aliphatic carbocycles. The van der Waals surface area contributed by atoms with Crippen LogP contribution < -0.4 is 5.73 Å². The minimum Gasteiger partial charge on any atom is -0.468 e. The fraction of sp³-hybridized carbons (Fsp3) is 0.300. The van der Waals surface area contributed by atoms with Crippen molar-refractivity contribution >= 4 is 18.0 Å². The molecule has 0 aromatic heterocycles. The molecule has 0 unspecified atom stereocenters. The second kappa shape index (κ2) is 12.9. The summed E-state index contributed by atoms with van der Waals surface area (Å²) < 4.78 is 16.5. The summed E-state index contributed by atoms with van der Waals surface area (Å²) >= 11 is 0. The van der Waals surface area contributed by atoms with Gasteiger partial charge >= 0.3 is 18.0 Å². The Morgan fingerprint density at radius 1 is 0.921 bits per heavy atom. The van der Waals surface area contributed by atoms with Crippen molar-refractivity contribution in [2.75, 3.05) is 7.11 Å². The van der Waals surface area contributed by atoms with E-state index >= 15 is 0 Å². The molecule has 8 nitrogen and oxygen atoms in total. The molecule has 1 fully saturated rings. The molecule has 3 aromatic carbocycles. The molecular weight excluding hydrogens is 484 g/mol. The van der Waals surface area contributed by atoms with Gasteiger partial charge in [-0.3, -0.25) is 9.69 Å². The van der Waals surface area contributed by atoms with E-state index in [1.54, 1.807) is 0 Å². The van der Waals surface area contributed by atoms with Gasteiger partial charge in [0.05, 0.1) is 7.11 Å². The Kier molecular flexibility index (Phi) is 9.11. The van der Waals surface area contributed by atoms with Crippen LogP contribution in [0.2, 0.25) is 0 Å². The quantitative estimate of drug-likeness (QED) is 0.324. The Morgan fingerprint density at radius 3 is 2.11 bits per heavy atom. The molecule has 1 amide bonds. The zero-order chi connectivity index (χ0) is 26.9. The molecule has 8 heteroatoms. The molecule has 3 aromatic rings. The second-order valence-corrected chi connectivity index (χ2v) is 9.15. The van der Waals surface area contributed by atoms with Gasteiger partial charge in [0.15, 0.2) is 6.10 Å². The molecule has 4 atom stereocenters. The predicted octanol–water partition coefficient (Wildman–Crippen LogP) is 4.70. The molecule has 4 rings (SSSR count). The predicted molar refractivity (Wildman–Crippen MR) is 141 cm³/mol. The number of nitrogens with two attached hydrogens (primary N) is 1. The fourth-order valence-corrected chi connectivity index (χ4v) is 4.69. The summed E-state index contributed by atoms with van der Waals surface area (Å²) in [6.45, 7) is 0.0582. The van der Waals surface area contributed by atoms with Crippen molar-refractivity contribution in [3.05, 3.63) is 108 Å². The molecule has 198 valence electrons. The number of carbonyl (C=O) groups is 3. The lowest BCUT2D eigenvalue weighted by molar-refractivity contribution is -0.173. The monoisotopic (exact) mass is 516 g/mol. The van der Waals surface area contributed by atoms with Crippen LogP contribution in [0.25, 0.3) is 0 Å². The average Bonchev–Trinajstić information content (AvgIpc) is 2.97. The van der Waals surface area contributed by atoms with E-state index in [1.807, 2.05) is 91.0 Å². The highest BCUT2D eigenvalue weighted by Gasteiger charge is 2.48. The first-order chi connectivity index (χ1) is 18.5. The van der Waals surface area contributed by atoms with E-state index in [0.717, 1.165) is 16.7 Å². The van der Waals surface area contributed by atoms with Gasteiger partial charge in [-0.1, -0.05) is 91.0 Å². The molecule has 38 heavy (non-hydrogen) atoms. The maximum Gasteiger partial charge on any atom is 0.411 e. The SMILES string of the molecule is COC(=O)[C@@H](N)CCC[C@@H]1C(=O)O[C@@H](c2ccccc2)[C@@H](c2ccccc2)N1C(=O)OCc1ccccc1. The third-order valence-corrected chi connectivity index (χ3v) is 6.62. The molecule has 1 aliphatic rings. The van der Waals surface area contributed by atoms with Gasteiger partial charge in [-0.15, -0.1) is 0 Å². The third kappa shape index (κ3) is 6.39. The summed E-state index contributed by atoms with van der Waals surface area (Å²) in [5.41, 5.74) is 8.31. The summed E-state index contributed by atoms with van der Waals surface area (Å²) in [5.74, 6) is -1.06. The van der Waals surface area contributed by atoms with E-state index in [1.165, 1.54) is 12.0 Å². The van der Waals surface area contributed by atoms with Gasteiger partial charge in [-0.25, -0.2) is 9.59 Å². The number of methoxy groups -OCH3 is 1. The van der Waals surface area contributed by atoms with Crippen LogP contribution in [0.5, 0.6) is 0 Å². The van der Waals surface area contributed by atoms with Crippen molar-refractivity contribution in [2.24, 2.45) is 5.73 Å². The molecule has 0 bridgehead atoms. The van der Waals surface area contributed by atoms with Crippen LogP contribution in [-0.2, 0) is 30.4 Å². The Balaban J connectivity index is 1.67. The van der Waals surface area contributed by atoms with Crippen LogP contribution in [0.1, 0.15) is 48.1 Å². The summed E-state index contributed by atoms with van der Waals surface area (Å²) in [4.78, 5) is 40.4. The van der Waals surface area contributed by atoms with Crippen LogP contribution in [0.15, 0.2) is 91.0 Å². The highest BCUT2D eigenvalue weighted by atomic mass is 16.6. The largest absolute Gasteiger partial charge is 0.468 e. The van der Waals surface area contributed by atoms with Crippen LogP contribution in [0.3, 0.4) is 0 Å². The molecule has 0 spiro atoms. The van der Waals surface area contributed by atoms with Crippen LogP contribution >= 0.6 is 0 Å². The first-order valence-corrected chi connectivity index (χ1v) is 12.6. The first-order valence-electron chi connectivity index (χ1n) is 12.6. The van der Waals surface area contributed by atoms with Gasteiger partial charge in [-0.2, -0.15) is 0 Å². The highest BCUT2D eigenvalue weighted by molar-refractivity contribution is 5.83. The first kappa shape index (κ1) is 26.9.